The minimum absolute atomic E-state index is 0.0521. The Morgan fingerprint density at radius 3 is 2.57 bits per heavy atom. The predicted molar refractivity (Wildman–Crippen MR) is 113 cm³/mol. The maximum atomic E-state index is 12.5. The average Bonchev–Trinajstić information content (AvgIpc) is 3.52. The predicted octanol–water partition coefficient (Wildman–Crippen LogP) is 5.12. The highest BCUT2D eigenvalue weighted by atomic mass is 16.5. The summed E-state index contributed by atoms with van der Waals surface area (Å²) in [6.45, 7) is 5.61. The molecule has 3 nitrogen and oxygen atoms in total. The number of para-hydroxylation sites is 1. The Bertz CT molecular complexity index is 782. The molecule has 148 valence electrons. The van der Waals surface area contributed by atoms with E-state index >= 15 is 0 Å². The van der Waals surface area contributed by atoms with Gasteiger partial charge in [0, 0.05) is 24.9 Å². The molecule has 1 saturated heterocycles. The van der Waals surface area contributed by atoms with Gasteiger partial charge in [0.25, 0.3) is 0 Å². The number of likely N-dealkylation sites (tertiary alicyclic amines) is 1. The summed E-state index contributed by atoms with van der Waals surface area (Å²) in [5.41, 5.74) is 2.72. The van der Waals surface area contributed by atoms with E-state index in [1.54, 1.807) is 0 Å². The molecule has 3 heteroatoms. The van der Waals surface area contributed by atoms with Crippen molar-refractivity contribution in [3.63, 3.8) is 0 Å². The van der Waals surface area contributed by atoms with E-state index in [0.717, 1.165) is 25.3 Å². The normalized spacial score (nSPS) is 22.8. The molecule has 2 fully saturated rings. The van der Waals surface area contributed by atoms with Crippen LogP contribution in [-0.4, -0.2) is 30.5 Å². The van der Waals surface area contributed by atoms with Crippen LogP contribution in [0.25, 0.3) is 0 Å². The molecule has 1 aliphatic carbocycles. The Hall–Kier alpha value is -2.13. The van der Waals surface area contributed by atoms with Crippen molar-refractivity contribution in [1.29, 1.82) is 0 Å². The second kappa shape index (κ2) is 8.48. The Balaban J connectivity index is 1.47. The minimum Gasteiger partial charge on any atom is -0.427 e. The monoisotopic (exact) mass is 377 g/mol. The zero-order valence-corrected chi connectivity index (χ0v) is 16.9. The standard InChI is InChI=1S/C25H31NO2/c1-20-8-12-22(13-9-20)25(15-5-17-26(19-25)18-21-10-11-21)16-14-24(27)28-23-6-3-2-4-7-23/h2-4,6-9,12-13,21H,5,10-11,14-19H2,1H3. The highest BCUT2D eigenvalue weighted by molar-refractivity contribution is 5.72. The third kappa shape index (κ3) is 4.82. The third-order valence-corrected chi connectivity index (χ3v) is 6.32. The van der Waals surface area contributed by atoms with E-state index in [9.17, 15) is 4.79 Å². The zero-order valence-electron chi connectivity index (χ0n) is 16.9. The maximum Gasteiger partial charge on any atom is 0.311 e. The number of aryl methyl sites for hydroxylation is 1. The molecule has 1 heterocycles. The van der Waals surface area contributed by atoms with Crippen LogP contribution >= 0.6 is 0 Å². The number of hydrogen-bond donors (Lipinski definition) is 0. The summed E-state index contributed by atoms with van der Waals surface area (Å²) in [7, 11) is 0. The van der Waals surface area contributed by atoms with Gasteiger partial charge in [-0.2, -0.15) is 0 Å². The summed E-state index contributed by atoms with van der Waals surface area (Å²) in [6.07, 6.45) is 6.43. The number of hydrogen-bond acceptors (Lipinski definition) is 3. The van der Waals surface area contributed by atoms with Gasteiger partial charge >= 0.3 is 5.97 Å². The number of piperidine rings is 1. The lowest BCUT2D eigenvalue weighted by Gasteiger charge is -2.43. The van der Waals surface area contributed by atoms with E-state index in [0.29, 0.717) is 12.2 Å². The van der Waals surface area contributed by atoms with Crippen molar-refractivity contribution in [3.8, 4) is 5.75 Å². The first-order chi connectivity index (χ1) is 13.6. The van der Waals surface area contributed by atoms with Crippen LogP contribution < -0.4 is 4.74 Å². The van der Waals surface area contributed by atoms with Gasteiger partial charge in [0.15, 0.2) is 0 Å². The molecule has 28 heavy (non-hydrogen) atoms. The average molecular weight is 378 g/mol. The quantitative estimate of drug-likeness (QED) is 0.495. The van der Waals surface area contributed by atoms with Crippen molar-refractivity contribution in [1.82, 2.24) is 4.90 Å². The summed E-state index contributed by atoms with van der Waals surface area (Å²) < 4.78 is 5.55. The van der Waals surface area contributed by atoms with Crippen LogP contribution in [0.15, 0.2) is 54.6 Å². The van der Waals surface area contributed by atoms with E-state index in [1.165, 1.54) is 43.5 Å². The first-order valence-electron chi connectivity index (χ1n) is 10.7. The molecule has 0 radical (unpaired) electrons. The number of esters is 1. The Labute approximate surface area is 168 Å². The molecule has 1 unspecified atom stereocenters. The molecule has 0 bridgehead atoms. The molecule has 1 aliphatic heterocycles. The molecule has 0 aromatic heterocycles. The zero-order chi connectivity index (χ0) is 19.4. The van der Waals surface area contributed by atoms with E-state index < -0.39 is 0 Å². The van der Waals surface area contributed by atoms with Gasteiger partial charge in [-0.05, 0) is 69.2 Å². The summed E-state index contributed by atoms with van der Waals surface area (Å²) in [4.78, 5) is 15.2. The van der Waals surface area contributed by atoms with Crippen molar-refractivity contribution in [2.75, 3.05) is 19.6 Å². The molecule has 0 spiro atoms. The van der Waals surface area contributed by atoms with Gasteiger partial charge < -0.3 is 9.64 Å². The van der Waals surface area contributed by atoms with Gasteiger partial charge in [0.2, 0.25) is 0 Å². The fourth-order valence-electron chi connectivity index (χ4n) is 4.55. The van der Waals surface area contributed by atoms with Gasteiger partial charge in [-0.3, -0.25) is 4.79 Å². The highest BCUT2D eigenvalue weighted by Gasteiger charge is 2.38. The molecule has 4 rings (SSSR count). The first kappa shape index (κ1) is 19.2. The Morgan fingerprint density at radius 1 is 1.11 bits per heavy atom. The van der Waals surface area contributed by atoms with E-state index in [4.69, 9.17) is 4.74 Å². The minimum atomic E-state index is -0.128. The second-order valence-corrected chi connectivity index (χ2v) is 8.72. The highest BCUT2D eigenvalue weighted by Crippen LogP contribution is 2.40. The first-order valence-corrected chi connectivity index (χ1v) is 10.7. The fourth-order valence-corrected chi connectivity index (χ4v) is 4.55. The van der Waals surface area contributed by atoms with Gasteiger partial charge in [-0.1, -0.05) is 48.0 Å². The largest absolute Gasteiger partial charge is 0.427 e. The van der Waals surface area contributed by atoms with Crippen LogP contribution in [-0.2, 0) is 10.2 Å². The molecule has 2 aromatic rings. The summed E-state index contributed by atoms with van der Waals surface area (Å²) in [6, 6.07) is 18.4. The van der Waals surface area contributed by atoms with Gasteiger partial charge in [-0.25, -0.2) is 0 Å². The molecule has 0 N–H and O–H groups in total. The van der Waals surface area contributed by atoms with Crippen molar-refractivity contribution >= 4 is 5.97 Å². The molecule has 2 aliphatic rings. The van der Waals surface area contributed by atoms with Crippen molar-refractivity contribution in [2.45, 2.75) is 50.9 Å². The Morgan fingerprint density at radius 2 is 1.86 bits per heavy atom. The number of carbonyl (C=O) groups is 1. The number of rotatable bonds is 7. The molecule has 2 aromatic carbocycles. The number of benzene rings is 2. The van der Waals surface area contributed by atoms with Crippen LogP contribution in [0.2, 0.25) is 0 Å². The lowest BCUT2D eigenvalue weighted by Crippen LogP contribution is -2.47. The van der Waals surface area contributed by atoms with Crippen LogP contribution in [0.4, 0.5) is 0 Å². The molecule has 1 saturated carbocycles. The summed E-state index contributed by atoms with van der Waals surface area (Å²) in [5.74, 6) is 1.41. The Kier molecular flexibility index (Phi) is 5.82. The van der Waals surface area contributed by atoms with Gasteiger partial charge in [-0.15, -0.1) is 0 Å². The van der Waals surface area contributed by atoms with Crippen LogP contribution in [0.5, 0.6) is 5.75 Å². The molecule has 0 amide bonds. The van der Waals surface area contributed by atoms with Crippen molar-refractivity contribution < 1.29 is 9.53 Å². The van der Waals surface area contributed by atoms with E-state index in [2.05, 4.69) is 36.1 Å². The second-order valence-electron chi connectivity index (χ2n) is 8.72. The summed E-state index contributed by atoms with van der Waals surface area (Å²) >= 11 is 0. The fraction of sp³-hybridized carbons (Fsp3) is 0.480. The van der Waals surface area contributed by atoms with Crippen LogP contribution in [0.1, 0.15) is 49.7 Å². The van der Waals surface area contributed by atoms with E-state index in [-0.39, 0.29) is 11.4 Å². The number of ether oxygens (including phenoxy) is 1. The van der Waals surface area contributed by atoms with Crippen LogP contribution in [0, 0.1) is 12.8 Å². The van der Waals surface area contributed by atoms with Crippen molar-refractivity contribution in [3.05, 3.63) is 65.7 Å². The topological polar surface area (TPSA) is 29.5 Å². The maximum absolute atomic E-state index is 12.5. The lowest BCUT2D eigenvalue weighted by molar-refractivity contribution is -0.135. The third-order valence-electron chi connectivity index (χ3n) is 6.32. The summed E-state index contributed by atoms with van der Waals surface area (Å²) in [5, 5.41) is 0. The van der Waals surface area contributed by atoms with E-state index in [1.807, 2.05) is 30.3 Å². The van der Waals surface area contributed by atoms with Gasteiger partial charge in [0.05, 0.1) is 0 Å². The molecule has 1 atom stereocenters. The van der Waals surface area contributed by atoms with Crippen molar-refractivity contribution in [2.24, 2.45) is 5.92 Å². The number of carbonyl (C=O) groups excluding carboxylic acids is 1. The molecular formula is C25H31NO2. The lowest BCUT2D eigenvalue weighted by atomic mass is 9.71. The number of nitrogens with zero attached hydrogens (tertiary/aromatic N) is 1. The SMILES string of the molecule is Cc1ccc(C2(CCC(=O)Oc3ccccc3)CCCN(CC3CC3)C2)cc1. The van der Waals surface area contributed by atoms with Crippen LogP contribution in [0.3, 0.4) is 0 Å². The molecular weight excluding hydrogens is 346 g/mol. The smallest absolute Gasteiger partial charge is 0.311 e. The van der Waals surface area contributed by atoms with Gasteiger partial charge in [0.1, 0.15) is 5.75 Å².